The Bertz CT molecular complexity index is 611. The highest BCUT2D eigenvalue weighted by Gasteiger charge is 2.28. The van der Waals surface area contributed by atoms with Crippen molar-refractivity contribution in [1.29, 1.82) is 0 Å². The molecule has 0 unspecified atom stereocenters. The van der Waals surface area contributed by atoms with Crippen LogP contribution in [0.3, 0.4) is 0 Å². The molecule has 2 rings (SSSR count). The molecule has 0 fully saturated rings. The van der Waals surface area contributed by atoms with Crippen molar-refractivity contribution >= 4 is 17.5 Å². The second-order valence-electron chi connectivity index (χ2n) is 6.23. The molecule has 1 heterocycles. The summed E-state index contributed by atoms with van der Waals surface area (Å²) in [7, 11) is 4.02. The van der Waals surface area contributed by atoms with E-state index < -0.39 is 6.10 Å². The monoisotopic (exact) mass is 333 g/mol. The molecule has 7 nitrogen and oxygen atoms in total. The van der Waals surface area contributed by atoms with Crippen LogP contribution in [0.2, 0.25) is 0 Å². The van der Waals surface area contributed by atoms with Crippen LogP contribution in [0, 0.1) is 6.92 Å². The first-order chi connectivity index (χ1) is 11.5. The number of aryl methyl sites for hydroxylation is 1. The lowest BCUT2D eigenvalue weighted by molar-refractivity contribution is -0.856. The molecule has 24 heavy (non-hydrogen) atoms. The number of nitrogens with zero attached hydrogens (tertiary/aromatic N) is 1. The van der Waals surface area contributed by atoms with E-state index in [0.717, 1.165) is 23.4 Å². The fourth-order valence-corrected chi connectivity index (χ4v) is 2.23. The number of rotatable bonds is 7. The van der Waals surface area contributed by atoms with E-state index in [4.69, 9.17) is 4.84 Å². The molecular weight excluding hydrogens is 308 g/mol. The van der Waals surface area contributed by atoms with Gasteiger partial charge in [0.15, 0.2) is 0 Å². The second kappa shape index (κ2) is 8.44. The molecule has 130 valence electrons. The van der Waals surface area contributed by atoms with Crippen molar-refractivity contribution in [1.82, 2.24) is 10.6 Å². The fraction of sp³-hybridized carbons (Fsp3) is 0.471. The fourth-order valence-electron chi connectivity index (χ4n) is 2.23. The van der Waals surface area contributed by atoms with Crippen molar-refractivity contribution in [2.24, 2.45) is 5.16 Å². The molecule has 7 heteroatoms. The largest absolute Gasteiger partial charge is 0.382 e. The molecule has 0 bridgehead atoms. The van der Waals surface area contributed by atoms with E-state index in [2.05, 4.69) is 15.8 Å². The molecule has 1 aromatic carbocycles. The smallest absolute Gasteiger partial charge is 0.264 e. The predicted molar refractivity (Wildman–Crippen MR) is 90.9 cm³/mol. The standard InChI is InChI=1S/C17H24N4O3/c1-12-4-6-13(7-5-12)14-10-15(24-20-14)17(23)19-11-16(22)18-8-9-21(2)3/h4-7,15H,8-11H2,1-3H3,(H,18,22)(H,19,23)/p+1/t15-/m0/s1. The van der Waals surface area contributed by atoms with Crippen molar-refractivity contribution in [2.45, 2.75) is 19.4 Å². The van der Waals surface area contributed by atoms with Crippen molar-refractivity contribution < 1.29 is 19.3 Å². The van der Waals surface area contributed by atoms with E-state index in [1.165, 1.54) is 4.90 Å². The van der Waals surface area contributed by atoms with Crippen LogP contribution in [0.4, 0.5) is 0 Å². The number of hydrogen-bond acceptors (Lipinski definition) is 4. The summed E-state index contributed by atoms with van der Waals surface area (Å²) >= 11 is 0. The van der Waals surface area contributed by atoms with Crippen LogP contribution in [-0.4, -0.2) is 57.4 Å². The Balaban J connectivity index is 1.73. The Morgan fingerprint density at radius 2 is 1.96 bits per heavy atom. The quantitative estimate of drug-likeness (QED) is 0.590. The maximum atomic E-state index is 12.1. The average molecular weight is 333 g/mol. The SMILES string of the molecule is Cc1ccc(C2=NO[C@H](C(=O)NCC(=O)NCC[NH+](C)C)C2)cc1. The van der Waals surface area contributed by atoms with Gasteiger partial charge in [0.25, 0.3) is 5.91 Å². The lowest BCUT2D eigenvalue weighted by Gasteiger charge is -2.11. The Hall–Kier alpha value is -2.41. The molecule has 0 spiro atoms. The number of carbonyl (C=O) groups is 2. The van der Waals surface area contributed by atoms with Gasteiger partial charge >= 0.3 is 0 Å². The van der Waals surface area contributed by atoms with E-state index in [-0.39, 0.29) is 18.4 Å². The first-order valence-electron chi connectivity index (χ1n) is 8.09. The van der Waals surface area contributed by atoms with Gasteiger partial charge in [0.1, 0.15) is 0 Å². The van der Waals surface area contributed by atoms with Gasteiger partial charge in [-0.2, -0.15) is 0 Å². The zero-order valence-electron chi connectivity index (χ0n) is 14.4. The first kappa shape index (κ1) is 17.9. The van der Waals surface area contributed by atoms with Crippen LogP contribution in [0.1, 0.15) is 17.5 Å². The lowest BCUT2D eigenvalue weighted by Crippen LogP contribution is -3.06. The molecule has 1 aliphatic heterocycles. The lowest BCUT2D eigenvalue weighted by atomic mass is 10.0. The number of amides is 2. The summed E-state index contributed by atoms with van der Waals surface area (Å²) in [6, 6.07) is 7.89. The number of benzene rings is 1. The number of nitrogens with one attached hydrogen (secondary N) is 3. The van der Waals surface area contributed by atoms with E-state index in [1.54, 1.807) is 0 Å². The van der Waals surface area contributed by atoms with Gasteiger partial charge in [-0.15, -0.1) is 0 Å². The third kappa shape index (κ3) is 5.34. The van der Waals surface area contributed by atoms with Crippen LogP contribution >= 0.6 is 0 Å². The van der Waals surface area contributed by atoms with Gasteiger partial charge in [-0.25, -0.2) is 0 Å². The van der Waals surface area contributed by atoms with Crippen molar-refractivity contribution in [3.63, 3.8) is 0 Å². The van der Waals surface area contributed by atoms with Crippen LogP contribution in [0.15, 0.2) is 29.4 Å². The zero-order valence-corrected chi connectivity index (χ0v) is 14.4. The topological polar surface area (TPSA) is 84.2 Å². The summed E-state index contributed by atoms with van der Waals surface area (Å²) in [5, 5.41) is 9.33. The zero-order chi connectivity index (χ0) is 17.5. The van der Waals surface area contributed by atoms with Crippen LogP contribution < -0.4 is 15.5 Å². The van der Waals surface area contributed by atoms with E-state index in [9.17, 15) is 9.59 Å². The summed E-state index contributed by atoms with van der Waals surface area (Å²) in [5.41, 5.74) is 2.85. The normalized spacial score (nSPS) is 16.5. The van der Waals surface area contributed by atoms with Crippen LogP contribution in [0.5, 0.6) is 0 Å². The Morgan fingerprint density at radius 1 is 1.25 bits per heavy atom. The molecule has 3 N–H and O–H groups in total. The van der Waals surface area contributed by atoms with Crippen LogP contribution in [-0.2, 0) is 14.4 Å². The maximum absolute atomic E-state index is 12.1. The molecule has 1 aliphatic rings. The first-order valence-corrected chi connectivity index (χ1v) is 8.09. The number of likely N-dealkylation sites (N-methyl/N-ethyl adjacent to an activating group) is 1. The van der Waals surface area contributed by atoms with Crippen molar-refractivity contribution in [2.75, 3.05) is 33.7 Å². The van der Waals surface area contributed by atoms with Gasteiger partial charge in [0, 0.05) is 6.42 Å². The van der Waals surface area contributed by atoms with Crippen molar-refractivity contribution in [3.8, 4) is 0 Å². The molecule has 2 amide bonds. The number of oxime groups is 1. The van der Waals surface area contributed by atoms with E-state index in [0.29, 0.717) is 13.0 Å². The van der Waals surface area contributed by atoms with E-state index >= 15 is 0 Å². The van der Waals surface area contributed by atoms with Gasteiger partial charge < -0.3 is 20.4 Å². The summed E-state index contributed by atoms with van der Waals surface area (Å²) < 4.78 is 0. The maximum Gasteiger partial charge on any atom is 0.264 e. The molecule has 0 aromatic heterocycles. The minimum atomic E-state index is -0.680. The van der Waals surface area contributed by atoms with Gasteiger partial charge in [-0.1, -0.05) is 35.0 Å². The molecular formula is C17H25N4O3+. The van der Waals surface area contributed by atoms with Gasteiger partial charge in [0.05, 0.1) is 39.4 Å². The van der Waals surface area contributed by atoms with Gasteiger partial charge in [-0.05, 0) is 12.5 Å². The minimum absolute atomic E-state index is 0.0542. The number of carbonyl (C=O) groups excluding carboxylic acids is 2. The van der Waals surface area contributed by atoms with Crippen molar-refractivity contribution in [3.05, 3.63) is 35.4 Å². The molecule has 1 atom stereocenters. The second-order valence-corrected chi connectivity index (χ2v) is 6.23. The summed E-state index contributed by atoms with van der Waals surface area (Å²) in [6.07, 6.45) is -0.277. The highest BCUT2D eigenvalue weighted by molar-refractivity contribution is 6.04. The van der Waals surface area contributed by atoms with Gasteiger partial charge in [-0.3, -0.25) is 9.59 Å². The summed E-state index contributed by atoms with van der Waals surface area (Å²) in [6.45, 7) is 3.37. The molecule has 1 aromatic rings. The molecule has 0 saturated carbocycles. The van der Waals surface area contributed by atoms with E-state index in [1.807, 2.05) is 45.3 Å². The third-order valence-corrected chi connectivity index (χ3v) is 3.72. The van der Waals surface area contributed by atoms with Crippen LogP contribution in [0.25, 0.3) is 0 Å². The number of quaternary nitrogens is 1. The predicted octanol–water partition coefficient (Wildman–Crippen LogP) is -1.14. The summed E-state index contributed by atoms with van der Waals surface area (Å²) in [4.78, 5) is 30.2. The van der Waals surface area contributed by atoms with Gasteiger partial charge in [0.2, 0.25) is 12.0 Å². The minimum Gasteiger partial charge on any atom is -0.382 e. The summed E-state index contributed by atoms with van der Waals surface area (Å²) in [5.74, 6) is -0.531. The average Bonchev–Trinajstić information content (AvgIpc) is 3.03. The highest BCUT2D eigenvalue weighted by Crippen LogP contribution is 2.17. The Morgan fingerprint density at radius 3 is 2.62 bits per heavy atom. The molecule has 0 radical (unpaired) electrons. The Kier molecular flexibility index (Phi) is 6.31. The molecule has 0 saturated heterocycles. The third-order valence-electron chi connectivity index (χ3n) is 3.72. The Labute approximate surface area is 142 Å². The highest BCUT2D eigenvalue weighted by atomic mass is 16.6. The molecule has 0 aliphatic carbocycles. The number of hydrogen-bond donors (Lipinski definition) is 3.